The third kappa shape index (κ3) is 10.3. The predicted molar refractivity (Wildman–Crippen MR) is 177 cm³/mol. The first kappa shape index (κ1) is 34.9. The van der Waals surface area contributed by atoms with Crippen LogP contribution in [0.15, 0.2) is 72.8 Å². The molecule has 4 atom stereocenters. The van der Waals surface area contributed by atoms with Crippen molar-refractivity contribution >= 4 is 40.6 Å². The third-order valence-corrected chi connectivity index (χ3v) is 8.19. The highest BCUT2D eigenvalue weighted by Crippen LogP contribution is 2.21. The van der Waals surface area contributed by atoms with Gasteiger partial charge in [-0.25, -0.2) is 9.59 Å². The number of hydrogen-bond acceptors (Lipinski definition) is 7. The first-order chi connectivity index (χ1) is 22.6. The summed E-state index contributed by atoms with van der Waals surface area (Å²) in [7, 11) is 1.22. The van der Waals surface area contributed by atoms with Crippen molar-refractivity contribution < 1.29 is 33.4 Å². The molecule has 1 fully saturated rings. The maximum atomic E-state index is 13.9. The van der Waals surface area contributed by atoms with Crippen molar-refractivity contribution in [3.05, 3.63) is 83.9 Å². The Kier molecular flexibility index (Phi) is 12.7. The Morgan fingerprint density at radius 1 is 0.851 bits per heavy atom. The van der Waals surface area contributed by atoms with E-state index < -0.39 is 47.9 Å². The van der Waals surface area contributed by atoms with Crippen LogP contribution in [0.4, 0.5) is 4.79 Å². The molecule has 3 aromatic rings. The summed E-state index contributed by atoms with van der Waals surface area (Å²) in [6.45, 7) is 4.40. The summed E-state index contributed by atoms with van der Waals surface area (Å²) in [5, 5.41) is 12.9. The van der Waals surface area contributed by atoms with Crippen LogP contribution in [0.25, 0.3) is 10.8 Å². The number of amides is 4. The van der Waals surface area contributed by atoms with Gasteiger partial charge in [-0.3, -0.25) is 14.4 Å². The normalized spacial score (nSPS) is 16.3. The fourth-order valence-electron chi connectivity index (χ4n) is 5.76. The number of alkyl carbamates (subject to hydrolysis) is 1. The Labute approximate surface area is 275 Å². The van der Waals surface area contributed by atoms with E-state index >= 15 is 0 Å². The molecular weight excluding hydrogens is 600 g/mol. The van der Waals surface area contributed by atoms with Gasteiger partial charge in [-0.1, -0.05) is 86.6 Å². The predicted octanol–water partition coefficient (Wildman–Crippen LogP) is 3.78. The molecule has 0 saturated carbocycles. The lowest BCUT2D eigenvalue weighted by Crippen LogP contribution is -2.57. The number of rotatable bonds is 14. The highest BCUT2D eigenvalue weighted by atomic mass is 16.5. The van der Waals surface area contributed by atoms with Crippen molar-refractivity contribution in [1.29, 1.82) is 0 Å². The number of hydrogen-bond donors (Lipinski definition) is 4. The number of carbonyl (C=O) groups is 5. The van der Waals surface area contributed by atoms with Gasteiger partial charge in [0, 0.05) is 18.9 Å². The Morgan fingerprint density at radius 3 is 2.26 bits per heavy atom. The molecule has 3 aromatic carbocycles. The van der Waals surface area contributed by atoms with E-state index in [0.29, 0.717) is 13.0 Å². The SMILES string of the molecule is COC(=O)[C@H](C[C@@H]1CCCNC1=O)NC(=O)[C@H](CC(C)C)NC(=O)[C@@H](Cc1cccc2ccccc12)NC(=O)OCc1ccccc1. The van der Waals surface area contributed by atoms with Gasteiger partial charge in [-0.15, -0.1) is 0 Å². The Bertz CT molecular complexity index is 1540. The lowest BCUT2D eigenvalue weighted by molar-refractivity contribution is -0.146. The van der Waals surface area contributed by atoms with E-state index in [1.165, 1.54) is 7.11 Å². The number of carbonyl (C=O) groups excluding carboxylic acids is 5. The Hall–Kier alpha value is -4.93. The third-order valence-electron chi connectivity index (χ3n) is 8.19. The van der Waals surface area contributed by atoms with E-state index in [-0.39, 0.29) is 37.7 Å². The van der Waals surface area contributed by atoms with Gasteiger partial charge in [0.2, 0.25) is 17.7 Å². The molecule has 1 aliphatic heterocycles. The molecule has 0 aliphatic carbocycles. The first-order valence-electron chi connectivity index (χ1n) is 16.0. The minimum absolute atomic E-state index is 0.00735. The summed E-state index contributed by atoms with van der Waals surface area (Å²) in [6.07, 6.45) is 1.04. The minimum atomic E-state index is -1.09. The fourth-order valence-corrected chi connectivity index (χ4v) is 5.76. The van der Waals surface area contributed by atoms with Gasteiger partial charge in [-0.05, 0) is 53.5 Å². The zero-order chi connectivity index (χ0) is 33.8. The monoisotopic (exact) mass is 644 g/mol. The Morgan fingerprint density at radius 2 is 1.53 bits per heavy atom. The van der Waals surface area contributed by atoms with Gasteiger partial charge < -0.3 is 30.7 Å². The van der Waals surface area contributed by atoms with E-state index in [4.69, 9.17) is 9.47 Å². The molecule has 4 amide bonds. The van der Waals surface area contributed by atoms with Crippen molar-refractivity contribution in [2.75, 3.05) is 13.7 Å². The van der Waals surface area contributed by atoms with E-state index in [2.05, 4.69) is 21.3 Å². The van der Waals surface area contributed by atoms with Crippen molar-refractivity contribution in [3.63, 3.8) is 0 Å². The highest BCUT2D eigenvalue weighted by molar-refractivity contribution is 5.94. The van der Waals surface area contributed by atoms with Gasteiger partial charge in [0.15, 0.2) is 0 Å². The zero-order valence-electron chi connectivity index (χ0n) is 27.1. The van der Waals surface area contributed by atoms with Crippen LogP contribution < -0.4 is 21.3 Å². The van der Waals surface area contributed by atoms with Gasteiger partial charge in [0.25, 0.3) is 0 Å². The van der Waals surface area contributed by atoms with Gasteiger partial charge in [-0.2, -0.15) is 0 Å². The number of fused-ring (bicyclic) bond motifs is 1. The van der Waals surface area contributed by atoms with Crippen molar-refractivity contribution in [3.8, 4) is 0 Å². The van der Waals surface area contributed by atoms with Crippen molar-refractivity contribution in [1.82, 2.24) is 21.3 Å². The second kappa shape index (κ2) is 17.1. The van der Waals surface area contributed by atoms with E-state index in [9.17, 15) is 24.0 Å². The number of piperidine rings is 1. The minimum Gasteiger partial charge on any atom is -0.467 e. The summed E-state index contributed by atoms with van der Waals surface area (Å²) < 4.78 is 10.4. The lowest BCUT2D eigenvalue weighted by Gasteiger charge is -2.28. The molecule has 250 valence electrons. The molecule has 0 spiro atoms. The number of ether oxygens (including phenoxy) is 2. The van der Waals surface area contributed by atoms with Crippen LogP contribution in [0.1, 0.15) is 50.7 Å². The number of benzene rings is 3. The van der Waals surface area contributed by atoms with Crippen LogP contribution in [0.3, 0.4) is 0 Å². The molecule has 0 unspecified atom stereocenters. The summed E-state index contributed by atoms with van der Waals surface area (Å²) in [5.41, 5.74) is 1.62. The molecule has 4 N–H and O–H groups in total. The molecule has 47 heavy (non-hydrogen) atoms. The number of nitrogens with one attached hydrogen (secondary N) is 4. The number of methoxy groups -OCH3 is 1. The van der Waals surface area contributed by atoms with Crippen LogP contribution >= 0.6 is 0 Å². The molecule has 0 bridgehead atoms. The molecule has 1 heterocycles. The van der Waals surface area contributed by atoms with E-state index in [1.54, 1.807) is 0 Å². The summed E-state index contributed by atoms with van der Waals surface area (Å²) >= 11 is 0. The number of esters is 1. The molecule has 11 nitrogen and oxygen atoms in total. The molecular formula is C36H44N4O7. The van der Waals surface area contributed by atoms with Crippen LogP contribution in [-0.2, 0) is 41.7 Å². The van der Waals surface area contributed by atoms with E-state index in [1.807, 2.05) is 86.6 Å². The lowest BCUT2D eigenvalue weighted by atomic mass is 9.91. The molecule has 1 aliphatic rings. The fraction of sp³-hybridized carbons (Fsp3) is 0.417. The summed E-state index contributed by atoms with van der Waals surface area (Å²) in [4.78, 5) is 65.6. The van der Waals surface area contributed by atoms with Crippen molar-refractivity contribution in [2.45, 2.75) is 70.7 Å². The quantitative estimate of drug-likeness (QED) is 0.195. The smallest absolute Gasteiger partial charge is 0.408 e. The molecule has 0 radical (unpaired) electrons. The molecule has 4 rings (SSSR count). The zero-order valence-corrected chi connectivity index (χ0v) is 27.1. The second-order valence-electron chi connectivity index (χ2n) is 12.2. The first-order valence-corrected chi connectivity index (χ1v) is 16.0. The highest BCUT2D eigenvalue weighted by Gasteiger charge is 2.34. The largest absolute Gasteiger partial charge is 0.467 e. The van der Waals surface area contributed by atoms with Crippen LogP contribution in [0.5, 0.6) is 0 Å². The summed E-state index contributed by atoms with van der Waals surface area (Å²) in [5.74, 6) is -2.49. The maximum Gasteiger partial charge on any atom is 0.408 e. The van der Waals surface area contributed by atoms with Crippen molar-refractivity contribution in [2.24, 2.45) is 11.8 Å². The van der Waals surface area contributed by atoms with Gasteiger partial charge in [0.05, 0.1) is 7.11 Å². The maximum absolute atomic E-state index is 13.9. The van der Waals surface area contributed by atoms with Gasteiger partial charge >= 0.3 is 12.1 Å². The van der Waals surface area contributed by atoms with E-state index in [0.717, 1.165) is 28.3 Å². The molecule has 1 saturated heterocycles. The van der Waals surface area contributed by atoms with Gasteiger partial charge in [0.1, 0.15) is 24.7 Å². The molecule has 11 heteroatoms. The van der Waals surface area contributed by atoms with Crippen LogP contribution in [-0.4, -0.2) is 61.6 Å². The summed E-state index contributed by atoms with van der Waals surface area (Å²) in [6, 6.07) is 19.5. The van der Waals surface area contributed by atoms with Crippen LogP contribution in [0, 0.1) is 11.8 Å². The molecule has 0 aromatic heterocycles. The average Bonchev–Trinajstić information content (AvgIpc) is 3.07. The Balaban J connectivity index is 1.53. The average molecular weight is 645 g/mol. The second-order valence-corrected chi connectivity index (χ2v) is 12.2. The van der Waals surface area contributed by atoms with Crippen LogP contribution in [0.2, 0.25) is 0 Å². The topological polar surface area (TPSA) is 152 Å². The standard InChI is InChI=1S/C36H44N4O7/c1-23(2)19-29(33(42)39-31(35(44)46-3)21-27-16-10-18-37-32(27)41)38-34(43)30(40-36(45)47-22-24-11-5-4-6-12-24)20-26-15-9-14-25-13-7-8-17-28(25)26/h4-9,11-15,17,23,27,29-31H,10,16,18-22H2,1-3H3,(H,37,41)(H,38,43)(H,39,42)(H,40,45)/t27-,29-,30+,31-/m0/s1.